The Bertz CT molecular complexity index is 333. The first-order valence-electron chi connectivity index (χ1n) is 6.45. The largest absolute Gasteiger partial charge is 0.389 e. The lowest BCUT2D eigenvalue weighted by Gasteiger charge is -2.21. The zero-order chi connectivity index (χ0) is 12.9. The molecular weight excluding hydrogens is 214 g/mol. The summed E-state index contributed by atoms with van der Waals surface area (Å²) in [6.45, 7) is 9.45. The molecule has 0 amide bonds. The smallest absolute Gasteiger partial charge is 0.0762 e. The second kappa shape index (κ2) is 6.17. The van der Waals surface area contributed by atoms with Gasteiger partial charge < -0.3 is 10.4 Å². The molecule has 0 bridgehead atoms. The second-order valence-corrected chi connectivity index (χ2v) is 5.00. The van der Waals surface area contributed by atoms with Crippen LogP contribution in [0.3, 0.4) is 0 Å². The highest BCUT2D eigenvalue weighted by Gasteiger charge is 2.16. The Morgan fingerprint density at radius 2 is 2.24 bits per heavy atom. The highest BCUT2D eigenvalue weighted by molar-refractivity contribution is 4.99. The maximum absolute atomic E-state index is 9.84. The van der Waals surface area contributed by atoms with Crippen LogP contribution in [0.2, 0.25) is 0 Å². The van der Waals surface area contributed by atoms with Crippen LogP contribution < -0.4 is 5.32 Å². The van der Waals surface area contributed by atoms with Gasteiger partial charge in [-0.15, -0.1) is 0 Å². The van der Waals surface area contributed by atoms with E-state index in [1.807, 2.05) is 30.8 Å². The van der Waals surface area contributed by atoms with Crippen LogP contribution in [0.5, 0.6) is 0 Å². The topological polar surface area (TPSA) is 50.1 Å². The molecule has 0 aliphatic rings. The molecule has 1 rings (SSSR count). The van der Waals surface area contributed by atoms with Gasteiger partial charge in [0.05, 0.1) is 11.3 Å². The van der Waals surface area contributed by atoms with Crippen LogP contribution in [-0.2, 0) is 6.54 Å². The van der Waals surface area contributed by atoms with E-state index < -0.39 is 5.60 Å². The Morgan fingerprint density at radius 3 is 2.82 bits per heavy atom. The summed E-state index contributed by atoms with van der Waals surface area (Å²) < 4.78 is 2.00. The second-order valence-electron chi connectivity index (χ2n) is 5.00. The molecule has 0 saturated carbocycles. The van der Waals surface area contributed by atoms with E-state index in [1.54, 1.807) is 0 Å². The van der Waals surface area contributed by atoms with Crippen LogP contribution in [-0.4, -0.2) is 27.0 Å². The van der Waals surface area contributed by atoms with Crippen LogP contribution in [0, 0.1) is 0 Å². The van der Waals surface area contributed by atoms with Crippen LogP contribution in [0.4, 0.5) is 0 Å². The van der Waals surface area contributed by atoms with Crippen molar-refractivity contribution in [2.24, 2.45) is 0 Å². The summed E-state index contributed by atoms with van der Waals surface area (Å²) in [5, 5.41) is 17.6. The van der Waals surface area contributed by atoms with Gasteiger partial charge in [0.25, 0.3) is 0 Å². The lowest BCUT2D eigenvalue weighted by molar-refractivity contribution is 0.0555. The lowest BCUT2D eigenvalue weighted by atomic mass is 10.0. The molecule has 1 heterocycles. The molecule has 0 spiro atoms. The molecule has 0 fully saturated rings. The van der Waals surface area contributed by atoms with Crippen molar-refractivity contribution in [2.75, 3.05) is 6.54 Å². The van der Waals surface area contributed by atoms with E-state index in [0.29, 0.717) is 19.1 Å². The zero-order valence-corrected chi connectivity index (χ0v) is 11.4. The molecule has 0 aliphatic heterocycles. The average Bonchev–Trinajstić information content (AvgIpc) is 2.76. The van der Waals surface area contributed by atoms with Gasteiger partial charge in [0.1, 0.15) is 0 Å². The molecule has 98 valence electrons. The maximum atomic E-state index is 9.84. The number of rotatable bonds is 7. The fraction of sp³-hybridized carbons (Fsp3) is 0.769. The maximum Gasteiger partial charge on any atom is 0.0762 e. The third-order valence-electron chi connectivity index (χ3n) is 3.28. The van der Waals surface area contributed by atoms with E-state index in [0.717, 1.165) is 18.5 Å². The summed E-state index contributed by atoms with van der Waals surface area (Å²) in [5.74, 6) is 0. The zero-order valence-electron chi connectivity index (χ0n) is 11.4. The molecule has 2 atom stereocenters. The molecule has 4 heteroatoms. The minimum absolute atomic E-state index is 0.447. The van der Waals surface area contributed by atoms with Gasteiger partial charge in [0.2, 0.25) is 0 Å². The minimum atomic E-state index is -0.626. The predicted octanol–water partition coefficient (Wildman–Crippen LogP) is 2.10. The van der Waals surface area contributed by atoms with Gasteiger partial charge in [0.15, 0.2) is 0 Å². The summed E-state index contributed by atoms with van der Waals surface area (Å²) in [7, 11) is 0. The molecule has 2 unspecified atom stereocenters. The van der Waals surface area contributed by atoms with E-state index in [2.05, 4.69) is 24.3 Å². The van der Waals surface area contributed by atoms with E-state index in [9.17, 15) is 5.11 Å². The van der Waals surface area contributed by atoms with Gasteiger partial charge >= 0.3 is 0 Å². The molecule has 0 aromatic carbocycles. The van der Waals surface area contributed by atoms with Crippen molar-refractivity contribution in [2.45, 2.75) is 58.7 Å². The fourth-order valence-electron chi connectivity index (χ4n) is 1.49. The number of hydrogen-bond acceptors (Lipinski definition) is 3. The quantitative estimate of drug-likeness (QED) is 0.766. The molecule has 0 saturated heterocycles. The van der Waals surface area contributed by atoms with Crippen LogP contribution in [0.15, 0.2) is 12.3 Å². The first kappa shape index (κ1) is 14.2. The van der Waals surface area contributed by atoms with Crippen LogP contribution in [0.25, 0.3) is 0 Å². The van der Waals surface area contributed by atoms with Crippen molar-refractivity contribution >= 4 is 0 Å². The Labute approximate surface area is 104 Å². The number of hydrogen-bond donors (Lipinski definition) is 2. The van der Waals surface area contributed by atoms with Crippen molar-refractivity contribution in [3.05, 3.63) is 18.0 Å². The number of nitrogens with one attached hydrogen (secondary N) is 1. The Balaban J connectivity index is 2.40. The van der Waals surface area contributed by atoms with E-state index in [-0.39, 0.29) is 0 Å². The molecule has 17 heavy (non-hydrogen) atoms. The molecule has 1 aromatic rings. The lowest BCUT2D eigenvalue weighted by Crippen LogP contribution is -2.36. The highest BCUT2D eigenvalue weighted by atomic mass is 16.3. The summed E-state index contributed by atoms with van der Waals surface area (Å²) in [4.78, 5) is 0. The molecule has 4 nitrogen and oxygen atoms in total. The molecule has 2 N–H and O–H groups in total. The Morgan fingerprint density at radius 1 is 1.53 bits per heavy atom. The fourth-order valence-corrected chi connectivity index (χ4v) is 1.49. The highest BCUT2D eigenvalue weighted by Crippen LogP contribution is 2.10. The molecule has 0 radical (unpaired) electrons. The van der Waals surface area contributed by atoms with E-state index in [4.69, 9.17) is 0 Å². The normalized spacial score (nSPS) is 16.8. The number of aromatic nitrogens is 2. The molecule has 0 aliphatic carbocycles. The summed E-state index contributed by atoms with van der Waals surface area (Å²) >= 11 is 0. The number of nitrogens with zero attached hydrogens (tertiary/aromatic N) is 2. The first-order valence-corrected chi connectivity index (χ1v) is 6.45. The summed E-state index contributed by atoms with van der Waals surface area (Å²) in [6.07, 6.45) is 3.85. The molecule has 1 aromatic heterocycles. The monoisotopic (exact) mass is 239 g/mol. The van der Waals surface area contributed by atoms with Gasteiger partial charge in [0, 0.05) is 25.3 Å². The van der Waals surface area contributed by atoms with Gasteiger partial charge in [-0.1, -0.05) is 13.8 Å². The Hall–Kier alpha value is -0.870. The summed E-state index contributed by atoms with van der Waals surface area (Å²) in [6, 6.07) is 2.47. The minimum Gasteiger partial charge on any atom is -0.389 e. The van der Waals surface area contributed by atoms with Crippen molar-refractivity contribution in [1.29, 1.82) is 0 Å². The van der Waals surface area contributed by atoms with Gasteiger partial charge in [-0.25, -0.2) is 0 Å². The molecular formula is C13H25N3O. The van der Waals surface area contributed by atoms with Crippen molar-refractivity contribution < 1.29 is 5.11 Å². The third-order valence-corrected chi connectivity index (χ3v) is 3.28. The van der Waals surface area contributed by atoms with Crippen LogP contribution in [0.1, 0.15) is 52.3 Å². The number of aliphatic hydroxyl groups is 1. The first-order chi connectivity index (χ1) is 7.98. The van der Waals surface area contributed by atoms with E-state index in [1.165, 1.54) is 0 Å². The average molecular weight is 239 g/mol. The third kappa shape index (κ3) is 4.48. The van der Waals surface area contributed by atoms with Gasteiger partial charge in [-0.3, -0.25) is 4.68 Å². The SMILES string of the molecule is CCC(C)n1ccc(CNCC(C)(O)CC)n1. The van der Waals surface area contributed by atoms with Gasteiger partial charge in [-0.05, 0) is 32.8 Å². The Kier molecular flexibility index (Phi) is 5.15. The summed E-state index contributed by atoms with van der Waals surface area (Å²) in [5.41, 5.74) is 0.399. The van der Waals surface area contributed by atoms with Crippen molar-refractivity contribution in [3.63, 3.8) is 0 Å². The van der Waals surface area contributed by atoms with Crippen LogP contribution >= 0.6 is 0 Å². The standard InChI is InChI=1S/C13H25N3O/c1-5-11(3)16-8-7-12(15-16)9-14-10-13(4,17)6-2/h7-8,11,14,17H,5-6,9-10H2,1-4H3. The van der Waals surface area contributed by atoms with Crippen molar-refractivity contribution in [1.82, 2.24) is 15.1 Å². The van der Waals surface area contributed by atoms with E-state index >= 15 is 0 Å². The van der Waals surface area contributed by atoms with Crippen molar-refractivity contribution in [3.8, 4) is 0 Å². The predicted molar refractivity (Wildman–Crippen MR) is 69.9 cm³/mol. The van der Waals surface area contributed by atoms with Gasteiger partial charge in [-0.2, -0.15) is 5.10 Å².